The molecule has 21 heavy (non-hydrogen) atoms. The predicted octanol–water partition coefficient (Wildman–Crippen LogP) is 0.425. The first kappa shape index (κ1) is 14.4. The van der Waals surface area contributed by atoms with Crippen molar-refractivity contribution in [2.24, 2.45) is 10.8 Å². The number of primary amides is 1. The van der Waals surface area contributed by atoms with E-state index in [1.807, 2.05) is 44.2 Å². The molecular formula is C14H15N5O2. The lowest BCUT2D eigenvalue weighted by Gasteiger charge is -2.03. The first-order valence-corrected chi connectivity index (χ1v) is 6.25. The number of nitrogens with two attached hydrogens (primary N) is 1. The first-order chi connectivity index (χ1) is 10.0. The highest BCUT2D eigenvalue weighted by Gasteiger charge is 2.11. The minimum Gasteiger partial charge on any atom is -0.361 e. The summed E-state index contributed by atoms with van der Waals surface area (Å²) in [6.07, 6.45) is 1.44. The molecule has 0 radical (unpaired) electrons. The van der Waals surface area contributed by atoms with E-state index in [2.05, 4.69) is 15.6 Å². The Kier molecular flexibility index (Phi) is 4.13. The number of hydrogen-bond acceptors (Lipinski definition) is 4. The number of aryl methyl sites for hydroxylation is 1. The largest absolute Gasteiger partial charge is 0.361 e. The number of aromatic nitrogens is 2. The maximum absolute atomic E-state index is 11.0. The molecule has 1 aromatic heterocycles. The second kappa shape index (κ2) is 6.00. The maximum atomic E-state index is 11.0. The molecule has 0 unspecified atom stereocenters. The molecule has 7 nitrogen and oxygen atoms in total. The van der Waals surface area contributed by atoms with Gasteiger partial charge in [0.15, 0.2) is 0 Å². The van der Waals surface area contributed by atoms with Gasteiger partial charge in [-0.2, -0.15) is 10.2 Å². The Bertz CT molecular complexity index is 704. The number of para-hydroxylation sites is 1. The van der Waals surface area contributed by atoms with E-state index in [1.165, 1.54) is 6.21 Å². The Morgan fingerprint density at radius 3 is 2.57 bits per heavy atom. The molecule has 2 amide bonds. The fraction of sp³-hybridized carbons (Fsp3) is 0.143. The van der Waals surface area contributed by atoms with Crippen molar-refractivity contribution >= 4 is 18.0 Å². The number of rotatable bonds is 3. The van der Waals surface area contributed by atoms with Crippen molar-refractivity contribution in [3.8, 4) is 5.69 Å². The molecule has 0 saturated carbocycles. The molecule has 2 rings (SSSR count). The zero-order valence-electron chi connectivity index (χ0n) is 11.7. The topological polar surface area (TPSA) is 102 Å². The van der Waals surface area contributed by atoms with E-state index in [4.69, 9.17) is 5.73 Å². The summed E-state index contributed by atoms with van der Waals surface area (Å²) in [5, 5.41) is 8.15. The van der Waals surface area contributed by atoms with Crippen LogP contribution < -0.4 is 11.2 Å². The third kappa shape index (κ3) is 3.14. The zero-order chi connectivity index (χ0) is 15.4. The molecule has 0 spiro atoms. The minimum absolute atomic E-state index is 0.758. The fourth-order valence-electron chi connectivity index (χ4n) is 1.87. The summed E-state index contributed by atoms with van der Waals surface area (Å²) in [7, 11) is 0. The Balaban J connectivity index is 2.26. The molecule has 3 N–H and O–H groups in total. The van der Waals surface area contributed by atoms with E-state index in [0.717, 1.165) is 22.6 Å². The highest BCUT2D eigenvalue weighted by molar-refractivity contribution is 6.34. The number of nitrogens with zero attached hydrogens (tertiary/aromatic N) is 3. The lowest BCUT2D eigenvalue weighted by atomic mass is 10.2. The van der Waals surface area contributed by atoms with Crippen LogP contribution in [-0.4, -0.2) is 27.8 Å². The van der Waals surface area contributed by atoms with E-state index in [9.17, 15) is 9.59 Å². The molecule has 0 aliphatic heterocycles. The summed E-state index contributed by atoms with van der Waals surface area (Å²) in [6, 6.07) is 9.65. The average molecular weight is 285 g/mol. The molecule has 108 valence electrons. The van der Waals surface area contributed by atoms with Gasteiger partial charge in [0.1, 0.15) is 0 Å². The fourth-order valence-corrected chi connectivity index (χ4v) is 1.87. The number of nitrogens with one attached hydrogen (secondary N) is 1. The molecule has 0 fully saturated rings. The van der Waals surface area contributed by atoms with Crippen molar-refractivity contribution in [3.05, 3.63) is 47.3 Å². The van der Waals surface area contributed by atoms with Gasteiger partial charge in [-0.15, -0.1) is 0 Å². The third-order valence-electron chi connectivity index (χ3n) is 2.93. The van der Waals surface area contributed by atoms with Crippen LogP contribution in [0, 0.1) is 13.8 Å². The van der Waals surface area contributed by atoms with Gasteiger partial charge in [0, 0.05) is 5.56 Å². The summed E-state index contributed by atoms with van der Waals surface area (Å²) < 4.78 is 1.78. The van der Waals surface area contributed by atoms with Gasteiger partial charge >= 0.3 is 11.8 Å². The quantitative estimate of drug-likeness (QED) is 0.485. The normalized spacial score (nSPS) is 10.8. The standard InChI is InChI=1S/C14H15N5O2/c1-9-12(8-16-17-14(21)13(15)20)10(2)19(18-9)11-6-4-3-5-7-11/h3-8H,1-2H3,(H2,15,20)(H,17,21). The summed E-state index contributed by atoms with van der Waals surface area (Å²) in [6.45, 7) is 3.73. The summed E-state index contributed by atoms with van der Waals surface area (Å²) in [5.74, 6) is -2.04. The second-order valence-corrected chi connectivity index (χ2v) is 4.40. The summed E-state index contributed by atoms with van der Waals surface area (Å²) in [4.78, 5) is 21.6. The van der Waals surface area contributed by atoms with Gasteiger partial charge in [-0.1, -0.05) is 18.2 Å². The Labute approximate surface area is 121 Å². The lowest BCUT2D eigenvalue weighted by molar-refractivity contribution is -0.137. The van der Waals surface area contributed by atoms with Gasteiger partial charge in [0.25, 0.3) is 0 Å². The second-order valence-electron chi connectivity index (χ2n) is 4.40. The van der Waals surface area contributed by atoms with Crippen molar-refractivity contribution < 1.29 is 9.59 Å². The molecule has 2 aromatic rings. The SMILES string of the molecule is Cc1nn(-c2ccccc2)c(C)c1C=NNC(=O)C(N)=O. The Morgan fingerprint density at radius 1 is 1.29 bits per heavy atom. The number of carbonyl (C=O) groups is 2. The Hall–Kier alpha value is -2.96. The lowest BCUT2D eigenvalue weighted by Crippen LogP contribution is -2.32. The van der Waals surface area contributed by atoms with Crippen LogP contribution in [0.4, 0.5) is 0 Å². The zero-order valence-corrected chi connectivity index (χ0v) is 11.7. The van der Waals surface area contributed by atoms with Crippen molar-refractivity contribution in [1.82, 2.24) is 15.2 Å². The molecule has 7 heteroatoms. The van der Waals surface area contributed by atoms with E-state index in [-0.39, 0.29) is 0 Å². The molecule has 1 heterocycles. The number of benzene rings is 1. The van der Waals surface area contributed by atoms with Gasteiger partial charge in [-0.05, 0) is 26.0 Å². The van der Waals surface area contributed by atoms with Crippen LogP contribution in [0.3, 0.4) is 0 Å². The highest BCUT2D eigenvalue weighted by Crippen LogP contribution is 2.15. The molecule has 0 aliphatic rings. The summed E-state index contributed by atoms with van der Waals surface area (Å²) in [5.41, 5.74) is 10.2. The van der Waals surface area contributed by atoms with E-state index >= 15 is 0 Å². The van der Waals surface area contributed by atoms with Crippen molar-refractivity contribution in [1.29, 1.82) is 0 Å². The maximum Gasteiger partial charge on any atom is 0.329 e. The highest BCUT2D eigenvalue weighted by atomic mass is 16.2. The molecule has 1 aromatic carbocycles. The summed E-state index contributed by atoms with van der Waals surface area (Å²) >= 11 is 0. The smallest absolute Gasteiger partial charge is 0.329 e. The van der Waals surface area contributed by atoms with Gasteiger partial charge < -0.3 is 5.73 Å². The average Bonchev–Trinajstić information content (AvgIpc) is 2.75. The van der Waals surface area contributed by atoms with Crippen LogP contribution in [0.15, 0.2) is 35.4 Å². The molecular weight excluding hydrogens is 270 g/mol. The predicted molar refractivity (Wildman–Crippen MR) is 78.0 cm³/mol. The van der Waals surface area contributed by atoms with Crippen LogP contribution in [0.25, 0.3) is 5.69 Å². The minimum atomic E-state index is -1.08. The van der Waals surface area contributed by atoms with Crippen molar-refractivity contribution in [2.75, 3.05) is 0 Å². The van der Waals surface area contributed by atoms with E-state index in [1.54, 1.807) is 4.68 Å². The van der Waals surface area contributed by atoms with Crippen LogP contribution in [0.2, 0.25) is 0 Å². The number of amides is 2. The Morgan fingerprint density at radius 2 is 1.95 bits per heavy atom. The molecule has 0 aliphatic carbocycles. The monoisotopic (exact) mass is 285 g/mol. The number of hydrazone groups is 1. The van der Waals surface area contributed by atoms with Crippen molar-refractivity contribution in [3.63, 3.8) is 0 Å². The molecule has 0 bridgehead atoms. The van der Waals surface area contributed by atoms with Gasteiger partial charge in [0.05, 0.1) is 23.3 Å². The molecule has 0 saturated heterocycles. The van der Waals surface area contributed by atoms with Gasteiger partial charge in [-0.25, -0.2) is 10.1 Å². The van der Waals surface area contributed by atoms with E-state index < -0.39 is 11.8 Å². The van der Waals surface area contributed by atoms with Crippen LogP contribution in [0.1, 0.15) is 17.0 Å². The third-order valence-corrected chi connectivity index (χ3v) is 2.93. The van der Waals surface area contributed by atoms with Crippen LogP contribution in [-0.2, 0) is 9.59 Å². The first-order valence-electron chi connectivity index (χ1n) is 6.25. The number of carbonyl (C=O) groups excluding carboxylic acids is 2. The van der Waals surface area contributed by atoms with E-state index in [0.29, 0.717) is 0 Å². The van der Waals surface area contributed by atoms with Gasteiger partial charge in [-0.3, -0.25) is 9.59 Å². The van der Waals surface area contributed by atoms with Crippen LogP contribution >= 0.6 is 0 Å². The van der Waals surface area contributed by atoms with Crippen LogP contribution in [0.5, 0.6) is 0 Å². The van der Waals surface area contributed by atoms with Crippen molar-refractivity contribution in [2.45, 2.75) is 13.8 Å². The number of hydrogen-bond donors (Lipinski definition) is 2. The van der Waals surface area contributed by atoms with Gasteiger partial charge in [0.2, 0.25) is 0 Å². The molecule has 0 atom stereocenters.